The fourth-order valence-corrected chi connectivity index (χ4v) is 3.26. The van der Waals surface area contributed by atoms with Crippen LogP contribution in [0.3, 0.4) is 0 Å². The average Bonchev–Trinajstić information content (AvgIpc) is 3.46. The number of rotatable bonds is 7. The van der Waals surface area contributed by atoms with Gasteiger partial charge in [0.05, 0.1) is 6.20 Å². The fourth-order valence-electron chi connectivity index (χ4n) is 3.26. The summed E-state index contributed by atoms with van der Waals surface area (Å²) in [5.74, 6) is 0.833. The minimum atomic E-state index is -0.200. The van der Waals surface area contributed by atoms with Crippen LogP contribution < -0.4 is 5.32 Å². The van der Waals surface area contributed by atoms with Gasteiger partial charge in [-0.05, 0) is 61.1 Å². The van der Waals surface area contributed by atoms with Crippen LogP contribution in [0.4, 0.5) is 4.39 Å². The first-order valence-electron chi connectivity index (χ1n) is 8.63. The summed E-state index contributed by atoms with van der Waals surface area (Å²) in [6, 6.07) is 5.13. The number of carbonyl (C=O) groups excluding carboxylic acids is 1. The zero-order valence-corrected chi connectivity index (χ0v) is 13.8. The molecule has 0 amide bonds. The number of nitrogens with zero attached hydrogens (tertiary/aromatic N) is 2. The van der Waals surface area contributed by atoms with Crippen LogP contribution in [0, 0.1) is 11.7 Å². The lowest BCUT2D eigenvalue weighted by Crippen LogP contribution is -2.20. The third-order valence-electron chi connectivity index (χ3n) is 5.00. The molecular formula is C19H22FN3O. The molecule has 2 fully saturated rings. The number of ketones is 1. The summed E-state index contributed by atoms with van der Waals surface area (Å²) in [6.45, 7) is 1.04. The molecule has 2 atom stereocenters. The van der Waals surface area contributed by atoms with Crippen molar-refractivity contribution in [3.63, 3.8) is 0 Å². The third kappa shape index (κ3) is 3.41. The number of aryl methyl sites for hydroxylation is 1. The molecule has 126 valence electrons. The Kier molecular flexibility index (Phi) is 3.96. The highest BCUT2D eigenvalue weighted by Gasteiger charge is 2.40. The second-order valence-corrected chi connectivity index (χ2v) is 7.16. The van der Waals surface area contributed by atoms with E-state index in [1.807, 2.05) is 13.2 Å². The first-order valence-corrected chi connectivity index (χ1v) is 8.63. The van der Waals surface area contributed by atoms with Gasteiger partial charge >= 0.3 is 0 Å². The number of hydrogen-bond donors (Lipinski definition) is 1. The zero-order chi connectivity index (χ0) is 16.7. The predicted octanol–water partition coefficient (Wildman–Crippen LogP) is 2.84. The van der Waals surface area contributed by atoms with Crippen LogP contribution in [0.2, 0.25) is 0 Å². The van der Waals surface area contributed by atoms with Gasteiger partial charge in [-0.15, -0.1) is 0 Å². The number of aromatic nitrogens is 2. The van der Waals surface area contributed by atoms with E-state index in [1.165, 1.54) is 18.9 Å². The maximum atomic E-state index is 14.2. The SMILES string of the molecule is Cn1cc(CC(=O)c2ccc(F)c(C3CC3NCC3CC3)c2)cn1. The Labute approximate surface area is 141 Å². The Morgan fingerprint density at radius 2 is 2.25 bits per heavy atom. The van der Waals surface area contributed by atoms with Gasteiger partial charge in [0.15, 0.2) is 5.78 Å². The summed E-state index contributed by atoms with van der Waals surface area (Å²) < 4.78 is 15.9. The standard InChI is InChI=1S/C19H22FN3O/c1-23-11-13(10-22-23)6-19(24)14-4-5-17(20)15(7-14)16-8-18(16)21-9-12-2-3-12/h4-5,7,10-12,16,18,21H,2-3,6,8-9H2,1H3. The second kappa shape index (κ2) is 6.13. The van der Waals surface area contributed by atoms with E-state index in [1.54, 1.807) is 23.0 Å². The van der Waals surface area contributed by atoms with Crippen LogP contribution in [-0.4, -0.2) is 28.2 Å². The van der Waals surface area contributed by atoms with Crippen molar-refractivity contribution in [3.8, 4) is 0 Å². The molecule has 0 saturated heterocycles. The lowest BCUT2D eigenvalue weighted by molar-refractivity contribution is 0.0993. The van der Waals surface area contributed by atoms with Gasteiger partial charge in [0.1, 0.15) is 5.82 Å². The highest BCUT2D eigenvalue weighted by molar-refractivity contribution is 5.97. The van der Waals surface area contributed by atoms with E-state index >= 15 is 0 Å². The Morgan fingerprint density at radius 3 is 2.96 bits per heavy atom. The molecule has 1 aromatic carbocycles. The van der Waals surface area contributed by atoms with E-state index in [0.29, 0.717) is 23.6 Å². The smallest absolute Gasteiger partial charge is 0.167 e. The summed E-state index contributed by atoms with van der Waals surface area (Å²) in [5.41, 5.74) is 2.15. The third-order valence-corrected chi connectivity index (χ3v) is 5.00. The lowest BCUT2D eigenvalue weighted by atomic mass is 10.0. The molecule has 0 spiro atoms. The fraction of sp³-hybridized carbons (Fsp3) is 0.474. The Balaban J connectivity index is 1.44. The number of hydrogen-bond acceptors (Lipinski definition) is 3. The van der Waals surface area contributed by atoms with Crippen molar-refractivity contribution in [2.24, 2.45) is 13.0 Å². The van der Waals surface area contributed by atoms with E-state index in [0.717, 1.165) is 24.4 Å². The molecule has 2 aliphatic carbocycles. The normalized spacial score (nSPS) is 22.6. The van der Waals surface area contributed by atoms with E-state index in [-0.39, 0.29) is 17.5 Å². The molecule has 1 N–H and O–H groups in total. The topological polar surface area (TPSA) is 46.9 Å². The van der Waals surface area contributed by atoms with Gasteiger partial charge in [0.2, 0.25) is 0 Å². The number of Topliss-reactive ketones (excluding diaryl/α,β-unsaturated/α-hetero) is 1. The average molecular weight is 327 g/mol. The van der Waals surface area contributed by atoms with Crippen LogP contribution in [-0.2, 0) is 13.5 Å². The van der Waals surface area contributed by atoms with Crippen molar-refractivity contribution < 1.29 is 9.18 Å². The number of nitrogens with one attached hydrogen (secondary N) is 1. The molecule has 1 aromatic heterocycles. The zero-order valence-electron chi connectivity index (χ0n) is 13.8. The summed E-state index contributed by atoms with van der Waals surface area (Å²) in [4.78, 5) is 12.5. The predicted molar refractivity (Wildman–Crippen MR) is 89.5 cm³/mol. The number of carbonyl (C=O) groups is 1. The van der Waals surface area contributed by atoms with Gasteiger partial charge in [0, 0.05) is 37.2 Å². The molecule has 2 aliphatic rings. The molecule has 0 bridgehead atoms. The largest absolute Gasteiger partial charge is 0.313 e. The molecule has 24 heavy (non-hydrogen) atoms. The number of halogens is 1. The van der Waals surface area contributed by atoms with Crippen LogP contribution in [0.15, 0.2) is 30.6 Å². The van der Waals surface area contributed by atoms with E-state index in [4.69, 9.17) is 0 Å². The van der Waals surface area contributed by atoms with Gasteiger partial charge < -0.3 is 5.32 Å². The Hall–Kier alpha value is -2.01. The molecule has 2 saturated carbocycles. The van der Waals surface area contributed by atoms with E-state index in [2.05, 4.69) is 10.4 Å². The van der Waals surface area contributed by atoms with E-state index in [9.17, 15) is 9.18 Å². The molecule has 4 nitrogen and oxygen atoms in total. The van der Waals surface area contributed by atoms with Gasteiger partial charge in [-0.3, -0.25) is 9.48 Å². The minimum Gasteiger partial charge on any atom is -0.313 e. The van der Waals surface area contributed by atoms with Gasteiger partial charge in [-0.2, -0.15) is 5.10 Å². The Morgan fingerprint density at radius 1 is 1.42 bits per heavy atom. The molecule has 2 aromatic rings. The quantitative estimate of drug-likeness (QED) is 0.796. The van der Waals surface area contributed by atoms with Crippen molar-refractivity contribution in [3.05, 3.63) is 53.1 Å². The van der Waals surface area contributed by atoms with Gasteiger partial charge in [-0.1, -0.05) is 0 Å². The lowest BCUT2D eigenvalue weighted by Gasteiger charge is -2.07. The number of benzene rings is 1. The summed E-state index contributed by atoms with van der Waals surface area (Å²) >= 11 is 0. The molecule has 2 unspecified atom stereocenters. The minimum absolute atomic E-state index is 0.00684. The van der Waals surface area contributed by atoms with Crippen LogP contribution >= 0.6 is 0 Å². The van der Waals surface area contributed by atoms with Gasteiger partial charge in [-0.25, -0.2) is 4.39 Å². The highest BCUT2D eigenvalue weighted by atomic mass is 19.1. The van der Waals surface area contributed by atoms with E-state index < -0.39 is 0 Å². The maximum Gasteiger partial charge on any atom is 0.167 e. The van der Waals surface area contributed by atoms with Gasteiger partial charge in [0.25, 0.3) is 0 Å². The van der Waals surface area contributed by atoms with Crippen LogP contribution in [0.25, 0.3) is 0 Å². The second-order valence-electron chi connectivity index (χ2n) is 7.16. The van der Waals surface area contributed by atoms with Crippen molar-refractivity contribution in [1.82, 2.24) is 15.1 Å². The van der Waals surface area contributed by atoms with Crippen LogP contribution in [0.5, 0.6) is 0 Å². The molecular weight excluding hydrogens is 305 g/mol. The van der Waals surface area contributed by atoms with Crippen LogP contribution in [0.1, 0.15) is 46.7 Å². The van der Waals surface area contributed by atoms with Crippen molar-refractivity contribution in [1.29, 1.82) is 0 Å². The molecule has 0 aliphatic heterocycles. The summed E-state index contributed by atoms with van der Waals surface area (Å²) in [6.07, 6.45) is 7.42. The van der Waals surface area contributed by atoms with Crippen molar-refractivity contribution in [2.45, 2.75) is 37.6 Å². The maximum absolute atomic E-state index is 14.2. The molecule has 5 heteroatoms. The summed E-state index contributed by atoms with van der Waals surface area (Å²) in [7, 11) is 1.83. The first-order chi connectivity index (χ1) is 11.6. The molecule has 0 radical (unpaired) electrons. The highest BCUT2D eigenvalue weighted by Crippen LogP contribution is 2.43. The molecule has 1 heterocycles. The van der Waals surface area contributed by atoms with Crippen molar-refractivity contribution in [2.75, 3.05) is 6.54 Å². The first kappa shape index (κ1) is 15.5. The summed E-state index contributed by atoms with van der Waals surface area (Å²) in [5, 5.41) is 7.60. The molecule has 4 rings (SSSR count). The monoisotopic (exact) mass is 327 g/mol. The Bertz CT molecular complexity index is 766. The van der Waals surface area contributed by atoms with Crippen molar-refractivity contribution >= 4 is 5.78 Å².